The summed E-state index contributed by atoms with van der Waals surface area (Å²) in [6, 6.07) is 7.79. The molecule has 0 atom stereocenters. The minimum absolute atomic E-state index is 0.00404. The van der Waals surface area contributed by atoms with E-state index in [1.54, 1.807) is 7.05 Å². The second-order valence-corrected chi connectivity index (χ2v) is 8.17. The number of carbonyl (C=O) groups excluding carboxylic acids is 2. The molecule has 0 saturated heterocycles. The molecule has 35 heavy (non-hydrogen) atoms. The van der Waals surface area contributed by atoms with E-state index in [0.717, 1.165) is 6.07 Å². The SMILES string of the molecule is Cn1nc(NCl)c2ncnc(C(=O)NCc3ccc(F)c(Cl)c3)c21.O=C(Cl)c1ccc(F)c(Cl)c1. The molecule has 4 aromatic rings. The van der Waals surface area contributed by atoms with Crippen molar-refractivity contribution in [1.82, 2.24) is 25.1 Å². The third-order valence-electron chi connectivity index (χ3n) is 4.51. The number of nitrogens with one attached hydrogen (secondary N) is 2. The molecule has 0 aliphatic rings. The van der Waals surface area contributed by atoms with E-state index in [1.165, 1.54) is 41.3 Å². The lowest BCUT2D eigenvalue weighted by Gasteiger charge is -2.07. The van der Waals surface area contributed by atoms with Crippen molar-refractivity contribution in [3.63, 3.8) is 0 Å². The standard InChI is InChI=1S/C14H11Cl2FN6O.C7H3Cl2FO/c1-23-12-10(13(21-16)22-23)19-6-20-11(12)14(24)18-5-7-2-3-9(17)8(15)4-7;8-5-3-4(7(9)11)1-2-6(5)10/h2-4,6H,5H2,1H3,(H,18,24)(H,21,22);1-3H. The first-order valence-electron chi connectivity index (χ1n) is 9.53. The molecule has 0 spiro atoms. The summed E-state index contributed by atoms with van der Waals surface area (Å²) in [5.74, 6) is -1.17. The summed E-state index contributed by atoms with van der Waals surface area (Å²) in [4.78, 5) is 33.4. The monoisotopic (exact) mass is 560 g/mol. The van der Waals surface area contributed by atoms with E-state index in [1.807, 2.05) is 0 Å². The molecule has 1 amide bonds. The Bertz CT molecular complexity index is 1420. The lowest BCUT2D eigenvalue weighted by atomic mass is 10.2. The zero-order valence-electron chi connectivity index (χ0n) is 17.6. The molecule has 0 fully saturated rings. The normalized spacial score (nSPS) is 10.5. The van der Waals surface area contributed by atoms with Gasteiger partial charge in [-0.05, 0) is 47.5 Å². The average molecular weight is 562 g/mol. The van der Waals surface area contributed by atoms with Gasteiger partial charge in [-0.25, -0.2) is 18.7 Å². The number of hydrogen-bond acceptors (Lipinski definition) is 6. The largest absolute Gasteiger partial charge is 0.347 e. The quantitative estimate of drug-likeness (QED) is 0.246. The van der Waals surface area contributed by atoms with Crippen molar-refractivity contribution in [1.29, 1.82) is 0 Å². The second kappa shape index (κ2) is 11.6. The summed E-state index contributed by atoms with van der Waals surface area (Å²) in [7, 11) is 1.65. The van der Waals surface area contributed by atoms with Crippen molar-refractivity contribution in [2.45, 2.75) is 6.54 Å². The first kappa shape index (κ1) is 26.6. The van der Waals surface area contributed by atoms with E-state index in [-0.39, 0.29) is 27.8 Å². The number of carbonyl (C=O) groups is 2. The van der Waals surface area contributed by atoms with Crippen LogP contribution in [0.15, 0.2) is 42.7 Å². The number of benzene rings is 2. The Morgan fingerprint density at radius 1 is 1.03 bits per heavy atom. The van der Waals surface area contributed by atoms with Gasteiger partial charge in [0, 0.05) is 30.9 Å². The minimum atomic E-state index is -0.646. The van der Waals surface area contributed by atoms with Crippen molar-refractivity contribution >= 4 is 74.6 Å². The molecule has 0 radical (unpaired) electrons. The molecular formula is C21H14Cl4F2N6O2. The summed E-state index contributed by atoms with van der Waals surface area (Å²) in [5.41, 5.74) is 1.88. The van der Waals surface area contributed by atoms with E-state index in [9.17, 15) is 18.4 Å². The summed E-state index contributed by atoms with van der Waals surface area (Å²) in [6.07, 6.45) is 1.26. The molecule has 182 valence electrons. The number of halogens is 6. The maximum absolute atomic E-state index is 13.2. The predicted molar refractivity (Wildman–Crippen MR) is 130 cm³/mol. The van der Waals surface area contributed by atoms with Gasteiger partial charge in [0.1, 0.15) is 29.0 Å². The number of nitrogens with zero attached hydrogens (tertiary/aromatic N) is 4. The van der Waals surface area contributed by atoms with Crippen LogP contribution in [0.2, 0.25) is 10.0 Å². The van der Waals surface area contributed by atoms with Crippen LogP contribution in [0.3, 0.4) is 0 Å². The zero-order valence-corrected chi connectivity index (χ0v) is 20.6. The molecule has 0 aliphatic heterocycles. The van der Waals surface area contributed by atoms with Crippen LogP contribution in [0.4, 0.5) is 14.6 Å². The fourth-order valence-electron chi connectivity index (χ4n) is 2.87. The van der Waals surface area contributed by atoms with Crippen molar-refractivity contribution < 1.29 is 18.4 Å². The Kier molecular flexibility index (Phi) is 8.79. The van der Waals surface area contributed by atoms with Crippen LogP contribution in [0.25, 0.3) is 11.0 Å². The van der Waals surface area contributed by atoms with E-state index in [2.05, 4.69) is 25.2 Å². The molecule has 2 aromatic heterocycles. The molecule has 0 unspecified atom stereocenters. The molecule has 0 bridgehead atoms. The highest BCUT2D eigenvalue weighted by Crippen LogP contribution is 2.22. The molecule has 2 N–H and O–H groups in total. The van der Waals surface area contributed by atoms with Crippen LogP contribution in [-0.2, 0) is 13.6 Å². The highest BCUT2D eigenvalue weighted by atomic mass is 35.5. The molecular weight excluding hydrogens is 548 g/mol. The fraction of sp³-hybridized carbons (Fsp3) is 0.0952. The summed E-state index contributed by atoms with van der Waals surface area (Å²) in [6.45, 7) is 0.169. The highest BCUT2D eigenvalue weighted by molar-refractivity contribution is 6.67. The van der Waals surface area contributed by atoms with Crippen LogP contribution in [-0.4, -0.2) is 30.9 Å². The van der Waals surface area contributed by atoms with Gasteiger partial charge in [0.2, 0.25) is 0 Å². The van der Waals surface area contributed by atoms with Gasteiger partial charge in [-0.1, -0.05) is 29.3 Å². The zero-order chi connectivity index (χ0) is 25.7. The molecule has 2 aromatic carbocycles. The first-order valence-corrected chi connectivity index (χ1v) is 11.0. The Hall–Kier alpha value is -3.05. The summed E-state index contributed by atoms with van der Waals surface area (Å²) in [5, 5.41) is 6.08. The molecule has 4 rings (SSSR count). The lowest BCUT2D eigenvalue weighted by molar-refractivity contribution is 0.0946. The number of rotatable bonds is 5. The number of aryl methyl sites for hydroxylation is 1. The third-order valence-corrected chi connectivity index (χ3v) is 5.48. The smallest absolute Gasteiger partial charge is 0.272 e. The first-order chi connectivity index (χ1) is 16.6. The van der Waals surface area contributed by atoms with Crippen molar-refractivity contribution in [3.05, 3.63) is 81.2 Å². The highest BCUT2D eigenvalue weighted by Gasteiger charge is 2.19. The van der Waals surface area contributed by atoms with Crippen molar-refractivity contribution in [2.75, 3.05) is 4.84 Å². The van der Waals surface area contributed by atoms with Gasteiger partial charge in [0.05, 0.1) is 10.0 Å². The Labute approximate surface area is 217 Å². The molecule has 0 saturated carbocycles. The van der Waals surface area contributed by atoms with Crippen LogP contribution < -0.4 is 10.2 Å². The second-order valence-electron chi connectivity index (χ2n) is 6.82. The van der Waals surface area contributed by atoms with Gasteiger partial charge in [-0.2, -0.15) is 5.10 Å². The Morgan fingerprint density at radius 3 is 2.29 bits per heavy atom. The third kappa shape index (κ3) is 6.34. The molecule has 0 aliphatic carbocycles. The van der Waals surface area contributed by atoms with Gasteiger partial charge >= 0.3 is 0 Å². The van der Waals surface area contributed by atoms with Crippen molar-refractivity contribution in [3.8, 4) is 0 Å². The summed E-state index contributed by atoms with van der Waals surface area (Å²) >= 11 is 21.8. The molecule has 14 heteroatoms. The van der Waals surface area contributed by atoms with E-state index in [0.29, 0.717) is 22.4 Å². The lowest BCUT2D eigenvalue weighted by Crippen LogP contribution is -2.24. The van der Waals surface area contributed by atoms with Crippen LogP contribution in [0.5, 0.6) is 0 Å². The van der Waals surface area contributed by atoms with Crippen LogP contribution in [0, 0.1) is 11.6 Å². The number of fused-ring (bicyclic) bond motifs is 1. The average Bonchev–Trinajstić information content (AvgIpc) is 3.17. The number of hydrogen-bond donors (Lipinski definition) is 2. The van der Waals surface area contributed by atoms with Gasteiger partial charge in [0.15, 0.2) is 11.5 Å². The van der Waals surface area contributed by atoms with E-state index < -0.39 is 22.8 Å². The molecule has 2 heterocycles. The number of aromatic nitrogens is 4. The van der Waals surface area contributed by atoms with Crippen LogP contribution >= 0.6 is 46.6 Å². The minimum Gasteiger partial charge on any atom is -0.347 e. The van der Waals surface area contributed by atoms with E-state index in [4.69, 9.17) is 46.6 Å². The van der Waals surface area contributed by atoms with Gasteiger partial charge in [0.25, 0.3) is 11.1 Å². The summed E-state index contributed by atoms with van der Waals surface area (Å²) < 4.78 is 27.1. The van der Waals surface area contributed by atoms with Gasteiger partial charge in [-0.15, -0.1) is 0 Å². The van der Waals surface area contributed by atoms with Gasteiger partial charge in [-0.3, -0.25) is 19.1 Å². The fourth-order valence-corrected chi connectivity index (χ4v) is 3.50. The van der Waals surface area contributed by atoms with Crippen LogP contribution in [0.1, 0.15) is 26.4 Å². The Balaban J connectivity index is 0.000000261. The molecule has 8 nitrogen and oxygen atoms in total. The maximum Gasteiger partial charge on any atom is 0.272 e. The predicted octanol–water partition coefficient (Wildman–Crippen LogP) is 5.51. The maximum atomic E-state index is 13.2. The van der Waals surface area contributed by atoms with Gasteiger partial charge < -0.3 is 5.32 Å². The number of anilines is 1. The number of amides is 1. The van der Waals surface area contributed by atoms with Crippen molar-refractivity contribution in [2.24, 2.45) is 7.05 Å². The van der Waals surface area contributed by atoms with E-state index >= 15 is 0 Å². The Morgan fingerprint density at radius 2 is 1.69 bits per heavy atom. The topological polar surface area (TPSA) is 102 Å².